The second-order valence-electron chi connectivity index (χ2n) is 8.71. The molecule has 0 bridgehead atoms. The Kier molecular flexibility index (Phi) is 7.20. The van der Waals surface area contributed by atoms with Crippen LogP contribution >= 0.6 is 0 Å². The number of halogens is 1. The Labute approximate surface area is 183 Å². The summed E-state index contributed by atoms with van der Waals surface area (Å²) in [6.07, 6.45) is 6.74. The Morgan fingerprint density at radius 2 is 1.97 bits per heavy atom. The van der Waals surface area contributed by atoms with Gasteiger partial charge in [-0.05, 0) is 54.2 Å². The molecule has 5 nitrogen and oxygen atoms in total. The molecule has 1 saturated heterocycles. The summed E-state index contributed by atoms with van der Waals surface area (Å²) in [6, 6.07) is 13.5. The van der Waals surface area contributed by atoms with E-state index in [1.807, 2.05) is 36.2 Å². The van der Waals surface area contributed by atoms with Gasteiger partial charge in [0.05, 0.1) is 13.0 Å². The van der Waals surface area contributed by atoms with Gasteiger partial charge in [-0.2, -0.15) is 0 Å². The number of carbonyl (C=O) groups excluding carboxylic acids is 1. The number of unbranched alkanes of at least 4 members (excludes halogenated alkanes) is 2. The minimum absolute atomic E-state index is 0.169. The van der Waals surface area contributed by atoms with Crippen LogP contribution in [-0.4, -0.2) is 37.0 Å². The lowest BCUT2D eigenvalue weighted by molar-refractivity contribution is -0.129. The van der Waals surface area contributed by atoms with Crippen LogP contribution < -0.4 is 15.6 Å². The first-order valence-electron chi connectivity index (χ1n) is 11.3. The summed E-state index contributed by atoms with van der Waals surface area (Å²) in [4.78, 5) is 14.4. The van der Waals surface area contributed by atoms with Crippen LogP contribution in [0.5, 0.6) is 5.75 Å². The molecular weight excluding hydrogens is 393 g/mol. The monoisotopic (exact) mass is 425 g/mol. The molecule has 1 amide bonds. The van der Waals surface area contributed by atoms with Crippen LogP contribution in [0.3, 0.4) is 0 Å². The molecule has 166 valence electrons. The first-order valence-corrected chi connectivity index (χ1v) is 11.3. The van der Waals surface area contributed by atoms with Crippen molar-refractivity contribution in [1.82, 2.24) is 15.8 Å². The molecule has 2 aliphatic heterocycles. The largest absolute Gasteiger partial charge is 0.493 e. The number of hydrogen-bond donors (Lipinski definition) is 2. The van der Waals surface area contributed by atoms with E-state index in [2.05, 4.69) is 16.9 Å². The molecule has 0 aromatic heterocycles. The van der Waals surface area contributed by atoms with E-state index < -0.39 is 0 Å². The fraction of sp³-hybridized carbons (Fsp3) is 0.480. The molecule has 2 N–H and O–H groups in total. The molecule has 0 spiro atoms. The molecule has 2 aliphatic rings. The summed E-state index contributed by atoms with van der Waals surface area (Å²) in [5, 5.41) is 0. The van der Waals surface area contributed by atoms with Crippen LogP contribution in [0.4, 0.5) is 4.39 Å². The predicted octanol–water partition coefficient (Wildman–Crippen LogP) is 3.93. The Morgan fingerprint density at radius 3 is 2.81 bits per heavy atom. The number of fused-ring (bicyclic) bond motifs is 1. The number of rotatable bonds is 9. The third kappa shape index (κ3) is 5.83. The van der Waals surface area contributed by atoms with Gasteiger partial charge in [-0.25, -0.2) is 4.39 Å². The van der Waals surface area contributed by atoms with E-state index in [1.165, 1.54) is 17.7 Å². The number of likely N-dealkylation sites (N-methyl/N-ethyl adjacent to an activating group) is 1. The predicted molar refractivity (Wildman–Crippen MR) is 119 cm³/mol. The quantitative estimate of drug-likeness (QED) is 0.598. The number of nitrogens with zero attached hydrogens (tertiary/aromatic N) is 1. The SMILES string of the molecule is CN(CCCCCC1CC(c2ccc(F)cc2)NN1)C(=O)Cc1ccc2c(c1)CCO2. The molecule has 0 radical (unpaired) electrons. The van der Waals surface area contributed by atoms with E-state index in [0.29, 0.717) is 12.5 Å². The van der Waals surface area contributed by atoms with Crippen molar-refractivity contribution < 1.29 is 13.9 Å². The Balaban J connectivity index is 1.11. The molecule has 2 atom stereocenters. The zero-order valence-electron chi connectivity index (χ0n) is 18.2. The number of nitrogens with one attached hydrogen (secondary N) is 2. The first kappa shape index (κ1) is 21.8. The van der Waals surface area contributed by atoms with Crippen LogP contribution in [0.2, 0.25) is 0 Å². The second-order valence-corrected chi connectivity index (χ2v) is 8.71. The van der Waals surface area contributed by atoms with Gasteiger partial charge in [-0.15, -0.1) is 0 Å². The maximum atomic E-state index is 13.1. The highest BCUT2D eigenvalue weighted by atomic mass is 19.1. The summed E-state index contributed by atoms with van der Waals surface area (Å²) in [5.74, 6) is 0.930. The summed E-state index contributed by atoms with van der Waals surface area (Å²) in [6.45, 7) is 1.54. The molecule has 4 rings (SSSR count). The third-order valence-electron chi connectivity index (χ3n) is 6.34. The molecule has 0 aliphatic carbocycles. The topological polar surface area (TPSA) is 53.6 Å². The van der Waals surface area contributed by atoms with E-state index in [4.69, 9.17) is 4.74 Å². The van der Waals surface area contributed by atoms with Crippen LogP contribution in [0.25, 0.3) is 0 Å². The first-order chi connectivity index (χ1) is 15.1. The van der Waals surface area contributed by atoms with Crippen LogP contribution in [0.15, 0.2) is 42.5 Å². The van der Waals surface area contributed by atoms with Gasteiger partial charge in [0.1, 0.15) is 11.6 Å². The van der Waals surface area contributed by atoms with Crippen molar-refractivity contribution >= 4 is 5.91 Å². The van der Waals surface area contributed by atoms with Crippen molar-refractivity contribution in [2.45, 2.75) is 57.0 Å². The number of carbonyl (C=O) groups is 1. The maximum Gasteiger partial charge on any atom is 0.226 e. The van der Waals surface area contributed by atoms with Crippen LogP contribution in [0.1, 0.15) is 54.8 Å². The Hall–Kier alpha value is -2.44. The minimum Gasteiger partial charge on any atom is -0.493 e. The van der Waals surface area contributed by atoms with Crippen molar-refractivity contribution in [2.75, 3.05) is 20.2 Å². The number of hydrazine groups is 1. The highest BCUT2D eigenvalue weighted by molar-refractivity contribution is 5.78. The van der Waals surface area contributed by atoms with Crippen molar-refractivity contribution in [2.24, 2.45) is 0 Å². The fourth-order valence-electron chi connectivity index (χ4n) is 4.43. The van der Waals surface area contributed by atoms with Crippen molar-refractivity contribution in [3.63, 3.8) is 0 Å². The van der Waals surface area contributed by atoms with Crippen molar-refractivity contribution in [1.29, 1.82) is 0 Å². The lowest BCUT2D eigenvalue weighted by Crippen LogP contribution is -2.31. The van der Waals surface area contributed by atoms with E-state index in [-0.39, 0.29) is 17.8 Å². The lowest BCUT2D eigenvalue weighted by atomic mass is 9.99. The minimum atomic E-state index is -0.198. The number of ether oxygens (including phenoxy) is 1. The van der Waals surface area contributed by atoms with Gasteiger partial charge >= 0.3 is 0 Å². The number of hydrogen-bond acceptors (Lipinski definition) is 4. The molecule has 0 saturated carbocycles. The highest BCUT2D eigenvalue weighted by Gasteiger charge is 2.24. The smallest absolute Gasteiger partial charge is 0.226 e. The van der Waals surface area contributed by atoms with Crippen LogP contribution in [-0.2, 0) is 17.6 Å². The van der Waals surface area contributed by atoms with Gasteiger partial charge in [-0.3, -0.25) is 15.6 Å². The van der Waals surface area contributed by atoms with E-state index in [1.54, 1.807) is 0 Å². The summed E-state index contributed by atoms with van der Waals surface area (Å²) in [7, 11) is 1.90. The zero-order chi connectivity index (χ0) is 21.6. The molecular formula is C25H32FN3O2. The molecule has 2 aromatic carbocycles. The summed E-state index contributed by atoms with van der Waals surface area (Å²) < 4.78 is 18.6. The Morgan fingerprint density at radius 1 is 1.13 bits per heavy atom. The van der Waals surface area contributed by atoms with E-state index >= 15 is 0 Å². The van der Waals surface area contributed by atoms with E-state index in [0.717, 1.165) is 68.6 Å². The average Bonchev–Trinajstić information content (AvgIpc) is 3.43. The zero-order valence-corrected chi connectivity index (χ0v) is 18.2. The molecule has 31 heavy (non-hydrogen) atoms. The number of amides is 1. The average molecular weight is 426 g/mol. The van der Waals surface area contributed by atoms with Crippen molar-refractivity contribution in [3.05, 3.63) is 65.0 Å². The Bertz CT molecular complexity index is 887. The lowest BCUT2D eigenvalue weighted by Gasteiger charge is -2.17. The second kappa shape index (κ2) is 10.2. The standard InChI is InChI=1S/C25H32FN3O2/c1-29(25(30)16-18-6-11-24-20(15-18)12-14-31-24)13-4-2-3-5-22-17-23(28-27-22)19-7-9-21(26)10-8-19/h6-11,15,22-23,27-28H,2-5,12-14,16-17H2,1H3. The van der Waals surface area contributed by atoms with Gasteiger partial charge in [0, 0.05) is 32.1 Å². The maximum absolute atomic E-state index is 13.1. The van der Waals surface area contributed by atoms with E-state index in [9.17, 15) is 9.18 Å². The van der Waals surface area contributed by atoms with Gasteiger partial charge < -0.3 is 9.64 Å². The molecule has 1 fully saturated rings. The van der Waals surface area contributed by atoms with Gasteiger partial charge in [-0.1, -0.05) is 37.1 Å². The van der Waals surface area contributed by atoms with Crippen LogP contribution in [0, 0.1) is 5.82 Å². The molecule has 6 heteroatoms. The summed E-state index contributed by atoms with van der Waals surface area (Å²) >= 11 is 0. The van der Waals surface area contributed by atoms with Crippen molar-refractivity contribution in [3.8, 4) is 5.75 Å². The van der Waals surface area contributed by atoms with Gasteiger partial charge in [0.2, 0.25) is 5.91 Å². The van der Waals surface area contributed by atoms with Gasteiger partial charge in [0.15, 0.2) is 0 Å². The summed E-state index contributed by atoms with van der Waals surface area (Å²) in [5.41, 5.74) is 10.1. The third-order valence-corrected chi connectivity index (χ3v) is 6.34. The molecule has 2 aromatic rings. The molecule has 2 unspecified atom stereocenters. The molecule has 2 heterocycles. The normalized spacial score (nSPS) is 19.8. The highest BCUT2D eigenvalue weighted by Crippen LogP contribution is 2.26. The fourth-order valence-corrected chi connectivity index (χ4v) is 4.43. The number of benzene rings is 2. The van der Waals surface area contributed by atoms with Gasteiger partial charge in [0.25, 0.3) is 0 Å².